The van der Waals surface area contributed by atoms with Gasteiger partial charge in [0.1, 0.15) is 5.82 Å². The van der Waals surface area contributed by atoms with E-state index < -0.39 is 0 Å². The van der Waals surface area contributed by atoms with Crippen LogP contribution in [0.1, 0.15) is 36.5 Å². The minimum Gasteiger partial charge on any atom is -0.373 e. The van der Waals surface area contributed by atoms with Gasteiger partial charge in [0.15, 0.2) is 0 Å². The molecule has 4 heteroatoms. The molecule has 0 aliphatic heterocycles. The van der Waals surface area contributed by atoms with Crippen LogP contribution in [0.15, 0.2) is 30.5 Å². The van der Waals surface area contributed by atoms with E-state index >= 15 is 0 Å². The number of rotatable bonds is 5. The Morgan fingerprint density at radius 2 is 2.05 bits per heavy atom. The zero-order chi connectivity index (χ0) is 14.8. The van der Waals surface area contributed by atoms with Crippen LogP contribution in [0, 0.1) is 5.92 Å². The van der Waals surface area contributed by atoms with E-state index in [1.54, 1.807) is 6.20 Å². The molecule has 0 spiro atoms. The lowest BCUT2D eigenvalue weighted by Gasteiger charge is -2.15. The first-order chi connectivity index (χ1) is 10.2. The lowest BCUT2D eigenvalue weighted by atomic mass is 10.1. The monoisotopic (exact) mass is 283 g/mol. The maximum atomic E-state index is 12.5. The quantitative estimate of drug-likeness (QED) is 0.886. The molecule has 4 nitrogen and oxygen atoms in total. The van der Waals surface area contributed by atoms with E-state index in [9.17, 15) is 4.79 Å². The van der Waals surface area contributed by atoms with Crippen molar-refractivity contribution in [3.05, 3.63) is 36.0 Å². The van der Waals surface area contributed by atoms with Crippen LogP contribution in [0.3, 0.4) is 0 Å². The van der Waals surface area contributed by atoms with Gasteiger partial charge in [0.25, 0.3) is 5.91 Å². The molecule has 0 radical (unpaired) electrons. The van der Waals surface area contributed by atoms with Crippen LogP contribution < -0.4 is 10.6 Å². The molecule has 1 aromatic heterocycles. The highest BCUT2D eigenvalue weighted by Crippen LogP contribution is 2.33. The second-order valence-corrected chi connectivity index (χ2v) is 5.87. The molecule has 110 valence electrons. The van der Waals surface area contributed by atoms with E-state index in [0.29, 0.717) is 5.56 Å². The van der Waals surface area contributed by atoms with Crippen molar-refractivity contribution >= 4 is 22.5 Å². The van der Waals surface area contributed by atoms with Gasteiger partial charge in [0, 0.05) is 24.7 Å². The Labute approximate surface area is 125 Å². The van der Waals surface area contributed by atoms with E-state index in [-0.39, 0.29) is 11.9 Å². The predicted octanol–water partition coefficient (Wildman–Crippen LogP) is 3.19. The summed E-state index contributed by atoms with van der Waals surface area (Å²) in [5, 5.41) is 8.08. The molecular formula is C17H21N3O. The van der Waals surface area contributed by atoms with Crippen molar-refractivity contribution in [1.29, 1.82) is 0 Å². The number of nitrogens with zero attached hydrogens (tertiary/aromatic N) is 1. The third-order valence-electron chi connectivity index (χ3n) is 4.04. The standard InChI is InChI=1S/C17H21N3O/c1-11(9-12-7-8-12)20-17(21)15-10-19-16(18-2)14-6-4-3-5-13(14)15/h3-6,10-12H,7-9H2,1-2H3,(H,18,19)(H,20,21). The molecule has 0 saturated heterocycles. The molecule has 1 saturated carbocycles. The topological polar surface area (TPSA) is 54.0 Å². The van der Waals surface area contributed by atoms with Crippen LogP contribution in [0.4, 0.5) is 5.82 Å². The lowest BCUT2D eigenvalue weighted by molar-refractivity contribution is 0.0939. The summed E-state index contributed by atoms with van der Waals surface area (Å²) in [5.74, 6) is 1.57. The Kier molecular flexibility index (Phi) is 3.78. The summed E-state index contributed by atoms with van der Waals surface area (Å²) in [5.41, 5.74) is 0.646. The highest BCUT2D eigenvalue weighted by molar-refractivity contribution is 6.09. The summed E-state index contributed by atoms with van der Waals surface area (Å²) in [7, 11) is 1.84. The van der Waals surface area contributed by atoms with E-state index in [1.165, 1.54) is 12.8 Å². The number of hydrogen-bond donors (Lipinski definition) is 2. The molecular weight excluding hydrogens is 262 g/mol. The number of fused-ring (bicyclic) bond motifs is 1. The third kappa shape index (κ3) is 2.99. The lowest BCUT2D eigenvalue weighted by Crippen LogP contribution is -2.33. The Morgan fingerprint density at radius 1 is 1.33 bits per heavy atom. The molecule has 1 aromatic carbocycles. The largest absolute Gasteiger partial charge is 0.373 e. The second-order valence-electron chi connectivity index (χ2n) is 5.87. The first-order valence-electron chi connectivity index (χ1n) is 7.55. The van der Waals surface area contributed by atoms with Crippen LogP contribution in [0.5, 0.6) is 0 Å². The van der Waals surface area contributed by atoms with Gasteiger partial charge < -0.3 is 10.6 Å². The third-order valence-corrected chi connectivity index (χ3v) is 4.04. The molecule has 1 fully saturated rings. The van der Waals surface area contributed by atoms with Crippen LogP contribution in [-0.4, -0.2) is 24.0 Å². The molecule has 1 unspecified atom stereocenters. The van der Waals surface area contributed by atoms with Gasteiger partial charge in [-0.2, -0.15) is 0 Å². The molecule has 2 N–H and O–H groups in total. The van der Waals surface area contributed by atoms with Crippen molar-refractivity contribution in [2.24, 2.45) is 5.92 Å². The predicted molar refractivity (Wildman–Crippen MR) is 85.6 cm³/mol. The number of carbonyl (C=O) groups is 1. The Hall–Kier alpha value is -2.10. The summed E-state index contributed by atoms with van der Waals surface area (Å²) in [6, 6.07) is 8.08. The van der Waals surface area contributed by atoms with Crippen molar-refractivity contribution in [3.63, 3.8) is 0 Å². The fourth-order valence-corrected chi connectivity index (χ4v) is 2.79. The van der Waals surface area contributed by atoms with E-state index in [2.05, 4.69) is 22.5 Å². The highest BCUT2D eigenvalue weighted by atomic mass is 16.1. The van der Waals surface area contributed by atoms with Crippen molar-refractivity contribution in [2.45, 2.75) is 32.2 Å². The highest BCUT2D eigenvalue weighted by Gasteiger charge is 2.24. The first kappa shape index (κ1) is 13.9. The summed E-state index contributed by atoms with van der Waals surface area (Å²) in [6.07, 6.45) is 5.35. The molecule has 1 aliphatic carbocycles. The molecule has 21 heavy (non-hydrogen) atoms. The average molecular weight is 283 g/mol. The van der Waals surface area contributed by atoms with Gasteiger partial charge in [-0.1, -0.05) is 37.1 Å². The minimum absolute atomic E-state index is 0.0329. The Balaban J connectivity index is 1.87. The number of hydrogen-bond acceptors (Lipinski definition) is 3. The summed E-state index contributed by atoms with van der Waals surface area (Å²) in [6.45, 7) is 2.08. The van der Waals surface area contributed by atoms with Crippen molar-refractivity contribution in [1.82, 2.24) is 10.3 Å². The van der Waals surface area contributed by atoms with Gasteiger partial charge in [0.2, 0.25) is 0 Å². The van der Waals surface area contributed by atoms with Crippen molar-refractivity contribution in [2.75, 3.05) is 12.4 Å². The Morgan fingerprint density at radius 3 is 2.71 bits per heavy atom. The second kappa shape index (κ2) is 5.72. The maximum Gasteiger partial charge on any atom is 0.253 e. The number of benzene rings is 1. The molecule has 1 aliphatic rings. The number of pyridine rings is 1. The van der Waals surface area contributed by atoms with Crippen molar-refractivity contribution < 1.29 is 4.79 Å². The minimum atomic E-state index is -0.0329. The number of anilines is 1. The van der Waals surface area contributed by atoms with E-state index in [4.69, 9.17) is 0 Å². The normalized spacial score (nSPS) is 15.7. The van der Waals surface area contributed by atoms with Gasteiger partial charge in [-0.25, -0.2) is 4.98 Å². The molecule has 1 heterocycles. The maximum absolute atomic E-state index is 12.5. The van der Waals surface area contributed by atoms with Crippen LogP contribution >= 0.6 is 0 Å². The summed E-state index contributed by atoms with van der Waals surface area (Å²) < 4.78 is 0. The smallest absolute Gasteiger partial charge is 0.253 e. The van der Waals surface area contributed by atoms with Gasteiger partial charge in [-0.3, -0.25) is 4.79 Å². The number of nitrogens with one attached hydrogen (secondary N) is 2. The van der Waals surface area contributed by atoms with Crippen LogP contribution in [0.2, 0.25) is 0 Å². The zero-order valence-electron chi connectivity index (χ0n) is 12.5. The van der Waals surface area contributed by atoms with Crippen LogP contribution in [-0.2, 0) is 0 Å². The molecule has 1 atom stereocenters. The molecule has 3 rings (SSSR count). The molecule has 1 amide bonds. The first-order valence-corrected chi connectivity index (χ1v) is 7.55. The molecule has 0 bridgehead atoms. The number of carbonyl (C=O) groups excluding carboxylic acids is 1. The molecule has 2 aromatic rings. The number of amides is 1. The summed E-state index contributed by atoms with van der Waals surface area (Å²) >= 11 is 0. The average Bonchev–Trinajstić information content (AvgIpc) is 3.29. The SMILES string of the molecule is CNc1ncc(C(=O)NC(C)CC2CC2)c2ccccc12. The zero-order valence-corrected chi connectivity index (χ0v) is 12.5. The van der Waals surface area contributed by atoms with Gasteiger partial charge >= 0.3 is 0 Å². The number of aromatic nitrogens is 1. The van der Waals surface area contributed by atoms with Crippen LogP contribution in [0.25, 0.3) is 10.8 Å². The van der Waals surface area contributed by atoms with Gasteiger partial charge in [-0.15, -0.1) is 0 Å². The fraction of sp³-hybridized carbons (Fsp3) is 0.412. The van der Waals surface area contributed by atoms with Gasteiger partial charge in [-0.05, 0) is 24.6 Å². The van der Waals surface area contributed by atoms with Crippen molar-refractivity contribution in [3.8, 4) is 0 Å². The van der Waals surface area contributed by atoms with Gasteiger partial charge in [0.05, 0.1) is 5.56 Å². The summed E-state index contributed by atoms with van der Waals surface area (Å²) in [4.78, 5) is 16.9. The van der Waals surface area contributed by atoms with E-state index in [0.717, 1.165) is 28.9 Å². The Bertz CT molecular complexity index is 664. The van der Waals surface area contributed by atoms with E-state index in [1.807, 2.05) is 31.3 Å². The fourth-order valence-electron chi connectivity index (χ4n) is 2.79.